The lowest BCUT2D eigenvalue weighted by atomic mass is 9.99. The van der Waals surface area contributed by atoms with E-state index in [2.05, 4.69) is 0 Å². The molecule has 0 aromatic rings. The van der Waals surface area contributed by atoms with Crippen molar-refractivity contribution in [2.24, 2.45) is 0 Å². The largest absolute Gasteiger partial charge is 0.375 e. The lowest BCUT2D eigenvalue weighted by molar-refractivity contribution is -0.205. The van der Waals surface area contributed by atoms with Crippen LogP contribution < -0.4 is 0 Å². The predicted octanol–water partition coefficient (Wildman–Crippen LogP) is 0.909. The van der Waals surface area contributed by atoms with Gasteiger partial charge < -0.3 is 9.47 Å². The summed E-state index contributed by atoms with van der Waals surface area (Å²) in [6.07, 6.45) is 1.18. The van der Waals surface area contributed by atoms with Crippen molar-refractivity contribution < 1.29 is 9.47 Å². The summed E-state index contributed by atoms with van der Waals surface area (Å²) in [5.74, 6) is 2.39. The number of thioether (sulfide) groups is 1. The lowest BCUT2D eigenvalue weighted by Crippen LogP contribution is -2.51. The Morgan fingerprint density at radius 2 is 2.10 bits per heavy atom. The van der Waals surface area contributed by atoms with E-state index in [-0.39, 0.29) is 5.60 Å². The second kappa shape index (κ2) is 2.72. The van der Waals surface area contributed by atoms with Gasteiger partial charge in [0, 0.05) is 5.75 Å². The number of hydrogen-bond donors (Lipinski definition) is 0. The molecule has 1 spiro atoms. The Kier molecular flexibility index (Phi) is 1.89. The molecule has 0 aromatic carbocycles. The van der Waals surface area contributed by atoms with E-state index in [1.165, 1.54) is 12.2 Å². The van der Waals surface area contributed by atoms with Crippen molar-refractivity contribution >= 4 is 11.8 Å². The maximum absolute atomic E-state index is 5.68. The molecule has 0 atom stereocenters. The third-order valence-corrected chi connectivity index (χ3v) is 3.02. The minimum atomic E-state index is 0.142. The first-order chi connectivity index (χ1) is 4.91. The molecule has 2 fully saturated rings. The van der Waals surface area contributed by atoms with Crippen LogP contribution in [0.4, 0.5) is 0 Å². The van der Waals surface area contributed by atoms with Gasteiger partial charge in [-0.15, -0.1) is 0 Å². The van der Waals surface area contributed by atoms with Gasteiger partial charge in [-0.25, -0.2) is 0 Å². The molecule has 0 saturated carbocycles. The standard InChI is InChI=1S/C7H12O2S/c1-3-10-4-2-9-7(1)5-8-6-7/h1-6H2. The van der Waals surface area contributed by atoms with Crippen LogP contribution in [0.3, 0.4) is 0 Å². The highest BCUT2D eigenvalue weighted by atomic mass is 32.2. The monoisotopic (exact) mass is 160 g/mol. The molecule has 2 heterocycles. The molecule has 0 unspecified atom stereocenters. The molecule has 0 amide bonds. The van der Waals surface area contributed by atoms with Gasteiger partial charge in [-0.3, -0.25) is 0 Å². The van der Waals surface area contributed by atoms with Crippen molar-refractivity contribution in [2.45, 2.75) is 12.0 Å². The highest BCUT2D eigenvalue weighted by molar-refractivity contribution is 7.99. The fourth-order valence-corrected chi connectivity index (χ4v) is 2.23. The number of rotatable bonds is 0. The zero-order chi connectivity index (χ0) is 6.86. The van der Waals surface area contributed by atoms with Gasteiger partial charge >= 0.3 is 0 Å². The van der Waals surface area contributed by atoms with E-state index in [9.17, 15) is 0 Å². The molecule has 10 heavy (non-hydrogen) atoms. The summed E-state index contributed by atoms with van der Waals surface area (Å²) in [5.41, 5.74) is 0.142. The molecular formula is C7H12O2S. The summed E-state index contributed by atoms with van der Waals surface area (Å²) < 4.78 is 10.8. The fourth-order valence-electron chi connectivity index (χ4n) is 1.31. The molecule has 3 heteroatoms. The van der Waals surface area contributed by atoms with Gasteiger partial charge in [0.25, 0.3) is 0 Å². The average molecular weight is 160 g/mol. The summed E-state index contributed by atoms with van der Waals surface area (Å²) in [5, 5.41) is 0. The molecule has 2 saturated heterocycles. The minimum Gasteiger partial charge on any atom is -0.375 e. The molecule has 0 radical (unpaired) electrons. The Morgan fingerprint density at radius 3 is 2.80 bits per heavy atom. The smallest absolute Gasteiger partial charge is 0.115 e. The topological polar surface area (TPSA) is 18.5 Å². The van der Waals surface area contributed by atoms with Gasteiger partial charge in [-0.1, -0.05) is 0 Å². The van der Waals surface area contributed by atoms with E-state index >= 15 is 0 Å². The van der Waals surface area contributed by atoms with Crippen LogP contribution in [0.15, 0.2) is 0 Å². The molecule has 2 nitrogen and oxygen atoms in total. The maximum Gasteiger partial charge on any atom is 0.115 e. The summed E-state index contributed by atoms with van der Waals surface area (Å²) in [6.45, 7) is 2.56. The van der Waals surface area contributed by atoms with Crippen LogP contribution in [0.5, 0.6) is 0 Å². The Labute approximate surface area is 65.3 Å². The number of ether oxygens (including phenoxy) is 2. The molecule has 0 aromatic heterocycles. The maximum atomic E-state index is 5.68. The molecule has 0 aliphatic carbocycles. The summed E-state index contributed by atoms with van der Waals surface area (Å²) >= 11 is 1.99. The molecule has 2 rings (SSSR count). The van der Waals surface area contributed by atoms with Crippen molar-refractivity contribution in [1.29, 1.82) is 0 Å². The first kappa shape index (κ1) is 6.95. The van der Waals surface area contributed by atoms with Crippen LogP contribution in [0.2, 0.25) is 0 Å². The van der Waals surface area contributed by atoms with Crippen LogP contribution in [0.1, 0.15) is 6.42 Å². The summed E-state index contributed by atoms with van der Waals surface area (Å²) in [4.78, 5) is 0. The van der Waals surface area contributed by atoms with Gasteiger partial charge in [-0.2, -0.15) is 11.8 Å². The van der Waals surface area contributed by atoms with Gasteiger partial charge in [0.1, 0.15) is 5.60 Å². The third-order valence-electron chi connectivity index (χ3n) is 2.07. The van der Waals surface area contributed by atoms with Crippen LogP contribution in [0, 0.1) is 0 Å². The van der Waals surface area contributed by atoms with Gasteiger partial charge in [0.15, 0.2) is 0 Å². The van der Waals surface area contributed by atoms with E-state index in [0.29, 0.717) is 0 Å². The van der Waals surface area contributed by atoms with Crippen molar-refractivity contribution in [3.8, 4) is 0 Å². The highest BCUT2D eigenvalue weighted by Crippen LogP contribution is 2.29. The van der Waals surface area contributed by atoms with E-state index in [0.717, 1.165) is 25.6 Å². The third kappa shape index (κ3) is 1.18. The quantitative estimate of drug-likeness (QED) is 0.525. The Bertz CT molecular complexity index is 113. The molecular weight excluding hydrogens is 148 g/mol. The zero-order valence-corrected chi connectivity index (χ0v) is 6.78. The van der Waals surface area contributed by atoms with Gasteiger partial charge in [-0.05, 0) is 12.2 Å². The van der Waals surface area contributed by atoms with Gasteiger partial charge in [0.05, 0.1) is 19.8 Å². The van der Waals surface area contributed by atoms with Crippen LogP contribution >= 0.6 is 11.8 Å². The number of hydrogen-bond acceptors (Lipinski definition) is 3. The van der Waals surface area contributed by atoms with Crippen LogP contribution in [-0.2, 0) is 9.47 Å². The molecule has 2 aliphatic heterocycles. The van der Waals surface area contributed by atoms with E-state index in [4.69, 9.17) is 9.47 Å². The Morgan fingerprint density at radius 1 is 1.20 bits per heavy atom. The predicted molar refractivity (Wildman–Crippen MR) is 41.4 cm³/mol. The molecule has 2 aliphatic rings. The van der Waals surface area contributed by atoms with E-state index < -0.39 is 0 Å². The Hall–Kier alpha value is 0.270. The summed E-state index contributed by atoms with van der Waals surface area (Å²) in [7, 11) is 0. The first-order valence-electron chi connectivity index (χ1n) is 3.71. The zero-order valence-electron chi connectivity index (χ0n) is 5.97. The first-order valence-corrected chi connectivity index (χ1v) is 4.86. The van der Waals surface area contributed by atoms with Crippen molar-refractivity contribution in [1.82, 2.24) is 0 Å². The lowest BCUT2D eigenvalue weighted by Gasteiger charge is -2.39. The van der Waals surface area contributed by atoms with Crippen molar-refractivity contribution in [3.63, 3.8) is 0 Å². The molecule has 58 valence electrons. The van der Waals surface area contributed by atoms with E-state index in [1.807, 2.05) is 11.8 Å². The average Bonchev–Trinajstić information content (AvgIpc) is 2.08. The SMILES string of the molecule is C1CSCCC2(COC2)O1. The van der Waals surface area contributed by atoms with Crippen LogP contribution in [-0.4, -0.2) is 36.9 Å². The second-order valence-electron chi connectivity index (χ2n) is 2.89. The Balaban J connectivity index is 1.92. The van der Waals surface area contributed by atoms with Crippen LogP contribution in [0.25, 0.3) is 0 Å². The minimum absolute atomic E-state index is 0.142. The normalized spacial score (nSPS) is 31.2. The van der Waals surface area contributed by atoms with Crippen molar-refractivity contribution in [3.05, 3.63) is 0 Å². The molecule has 0 N–H and O–H groups in total. The highest BCUT2D eigenvalue weighted by Gasteiger charge is 2.39. The fraction of sp³-hybridized carbons (Fsp3) is 1.00. The van der Waals surface area contributed by atoms with Crippen molar-refractivity contribution in [2.75, 3.05) is 31.3 Å². The van der Waals surface area contributed by atoms with E-state index in [1.54, 1.807) is 0 Å². The summed E-state index contributed by atoms with van der Waals surface area (Å²) in [6, 6.07) is 0. The second-order valence-corrected chi connectivity index (χ2v) is 4.11. The molecule has 0 bridgehead atoms. The van der Waals surface area contributed by atoms with Gasteiger partial charge in [0.2, 0.25) is 0 Å².